The molecule has 1 aliphatic rings. The maximum atomic E-state index is 12.2. The van der Waals surface area contributed by atoms with Crippen LogP contribution in [0.3, 0.4) is 0 Å². The van der Waals surface area contributed by atoms with Gasteiger partial charge in [-0.3, -0.25) is 4.79 Å². The molecule has 29 heavy (non-hydrogen) atoms. The molecule has 0 fully saturated rings. The number of aromatic hydroxyl groups is 1. The van der Waals surface area contributed by atoms with Crippen molar-refractivity contribution in [2.45, 2.75) is 46.6 Å². The van der Waals surface area contributed by atoms with Crippen LogP contribution in [0.4, 0.5) is 5.69 Å². The van der Waals surface area contributed by atoms with Gasteiger partial charge in [0.25, 0.3) is 5.91 Å². The minimum Gasteiger partial charge on any atom is -0.507 e. The lowest BCUT2D eigenvalue weighted by atomic mass is 9.87. The highest BCUT2D eigenvalue weighted by Gasteiger charge is 2.31. The molecule has 0 bridgehead atoms. The van der Waals surface area contributed by atoms with Crippen LogP contribution in [-0.4, -0.2) is 29.3 Å². The summed E-state index contributed by atoms with van der Waals surface area (Å²) in [5.74, 6) is -0.508. The summed E-state index contributed by atoms with van der Waals surface area (Å²) in [4.78, 5) is 14.7. The van der Waals surface area contributed by atoms with Gasteiger partial charge in [0.05, 0.1) is 17.3 Å². The van der Waals surface area contributed by atoms with E-state index in [1.165, 1.54) is 22.9 Å². The van der Waals surface area contributed by atoms with Gasteiger partial charge in [0.2, 0.25) is 0 Å². The average Bonchev–Trinajstić information content (AvgIpc) is 2.66. The molecule has 0 spiro atoms. The molecular weight excluding hydrogens is 362 g/mol. The van der Waals surface area contributed by atoms with Crippen LogP contribution in [0, 0.1) is 6.92 Å². The van der Waals surface area contributed by atoms with Crippen LogP contribution in [0.2, 0.25) is 0 Å². The number of hydrazone groups is 1. The minimum atomic E-state index is -0.443. The first kappa shape index (κ1) is 20.6. The Kier molecular flexibility index (Phi) is 5.78. The Morgan fingerprint density at radius 3 is 2.66 bits per heavy atom. The topological polar surface area (TPSA) is 64.9 Å². The fraction of sp³-hybridized carbons (Fsp3) is 0.333. The van der Waals surface area contributed by atoms with Crippen LogP contribution >= 0.6 is 0 Å². The molecule has 3 rings (SSSR count). The van der Waals surface area contributed by atoms with Gasteiger partial charge in [-0.05, 0) is 75.1 Å². The summed E-state index contributed by atoms with van der Waals surface area (Å²) in [7, 11) is 0. The quantitative estimate of drug-likeness (QED) is 0.564. The van der Waals surface area contributed by atoms with Crippen molar-refractivity contribution in [2.24, 2.45) is 5.10 Å². The molecule has 5 nitrogen and oxygen atoms in total. The minimum absolute atomic E-state index is 0.0270. The van der Waals surface area contributed by atoms with E-state index in [1.807, 2.05) is 0 Å². The Morgan fingerprint density at radius 2 is 1.97 bits per heavy atom. The molecule has 1 amide bonds. The van der Waals surface area contributed by atoms with Crippen LogP contribution in [0.1, 0.15) is 61.2 Å². The molecule has 2 aromatic rings. The van der Waals surface area contributed by atoms with E-state index in [-0.39, 0.29) is 16.9 Å². The molecule has 0 unspecified atom stereocenters. The van der Waals surface area contributed by atoms with Crippen molar-refractivity contribution in [3.8, 4) is 5.75 Å². The number of hydrogen-bond acceptors (Lipinski definition) is 4. The predicted molar refractivity (Wildman–Crippen MR) is 120 cm³/mol. The number of carbonyl (C=O) groups is 1. The normalized spacial score (nSPS) is 15.2. The molecule has 0 saturated heterocycles. The molecule has 152 valence electrons. The SMILES string of the molecule is CCCN1c2cc(C)c(/C=N/NC(=O)c3ccccc3O)cc2C(C)=CC1(C)C. The van der Waals surface area contributed by atoms with E-state index in [9.17, 15) is 9.90 Å². The van der Waals surface area contributed by atoms with Crippen molar-refractivity contribution >= 4 is 23.4 Å². The molecule has 0 atom stereocenters. The number of phenols is 1. The average molecular weight is 392 g/mol. The molecule has 2 aromatic carbocycles. The molecular formula is C24H29N3O2. The third-order valence-electron chi connectivity index (χ3n) is 5.33. The van der Waals surface area contributed by atoms with Crippen molar-refractivity contribution in [1.82, 2.24) is 5.43 Å². The molecule has 0 aliphatic carbocycles. The number of anilines is 1. The third kappa shape index (κ3) is 4.19. The lowest BCUT2D eigenvalue weighted by Crippen LogP contribution is -2.45. The molecule has 2 N–H and O–H groups in total. The number of para-hydroxylation sites is 1. The van der Waals surface area contributed by atoms with E-state index in [0.717, 1.165) is 24.1 Å². The number of nitrogens with zero attached hydrogens (tertiary/aromatic N) is 2. The first-order chi connectivity index (χ1) is 13.7. The predicted octanol–water partition coefficient (Wildman–Crippen LogP) is 4.88. The van der Waals surface area contributed by atoms with Gasteiger partial charge >= 0.3 is 0 Å². The fourth-order valence-corrected chi connectivity index (χ4v) is 3.90. The van der Waals surface area contributed by atoms with Gasteiger partial charge in [-0.15, -0.1) is 0 Å². The first-order valence-electron chi connectivity index (χ1n) is 9.98. The van der Waals surface area contributed by atoms with Gasteiger partial charge in [-0.2, -0.15) is 5.10 Å². The van der Waals surface area contributed by atoms with Gasteiger partial charge in [-0.25, -0.2) is 5.43 Å². The standard InChI is InChI=1S/C24H29N3O2/c1-6-11-27-21-12-16(2)18(13-20(21)17(3)14-24(27,4)5)15-25-26-23(29)19-9-7-8-10-22(19)28/h7-10,12-15,28H,6,11H2,1-5H3,(H,26,29)/b25-15+. The largest absolute Gasteiger partial charge is 0.507 e. The maximum absolute atomic E-state index is 12.2. The highest BCUT2D eigenvalue weighted by atomic mass is 16.3. The third-order valence-corrected chi connectivity index (χ3v) is 5.33. The number of carbonyl (C=O) groups excluding carboxylic acids is 1. The van der Waals surface area contributed by atoms with Crippen LogP contribution in [-0.2, 0) is 0 Å². The summed E-state index contributed by atoms with van der Waals surface area (Å²) in [6.45, 7) is 11.9. The number of aryl methyl sites for hydroxylation is 1. The van der Waals surface area contributed by atoms with E-state index in [4.69, 9.17) is 0 Å². The zero-order valence-electron chi connectivity index (χ0n) is 17.8. The molecule has 1 heterocycles. The number of rotatable bonds is 5. The first-order valence-corrected chi connectivity index (χ1v) is 9.98. The van der Waals surface area contributed by atoms with E-state index in [0.29, 0.717) is 0 Å². The van der Waals surface area contributed by atoms with Gasteiger partial charge in [0.1, 0.15) is 5.75 Å². The molecule has 0 aromatic heterocycles. The fourth-order valence-electron chi connectivity index (χ4n) is 3.90. The number of fused-ring (bicyclic) bond motifs is 1. The molecule has 1 aliphatic heterocycles. The van der Waals surface area contributed by atoms with Gasteiger partial charge in [0.15, 0.2) is 0 Å². The Bertz CT molecular complexity index is 990. The summed E-state index contributed by atoms with van der Waals surface area (Å²) in [6, 6.07) is 10.7. The summed E-state index contributed by atoms with van der Waals surface area (Å²) >= 11 is 0. The maximum Gasteiger partial charge on any atom is 0.275 e. The number of benzene rings is 2. The summed E-state index contributed by atoms with van der Waals surface area (Å²) in [6.07, 6.45) is 5.04. The summed E-state index contributed by atoms with van der Waals surface area (Å²) < 4.78 is 0. The van der Waals surface area contributed by atoms with Crippen molar-refractivity contribution < 1.29 is 9.90 Å². The van der Waals surface area contributed by atoms with Gasteiger partial charge < -0.3 is 10.0 Å². The Labute approximate surface area is 172 Å². The number of allylic oxidation sites excluding steroid dienone is 1. The summed E-state index contributed by atoms with van der Waals surface area (Å²) in [5.41, 5.74) is 8.38. The lowest BCUT2D eigenvalue weighted by Gasteiger charge is -2.43. The van der Waals surface area contributed by atoms with Crippen LogP contribution in [0.15, 0.2) is 47.6 Å². The van der Waals surface area contributed by atoms with Crippen LogP contribution in [0.5, 0.6) is 5.75 Å². The van der Waals surface area contributed by atoms with Crippen molar-refractivity contribution in [3.05, 3.63) is 64.7 Å². The van der Waals surface area contributed by atoms with Gasteiger partial charge in [-0.1, -0.05) is 25.1 Å². The summed E-state index contributed by atoms with van der Waals surface area (Å²) in [5, 5.41) is 13.9. The highest BCUT2D eigenvalue weighted by Crippen LogP contribution is 2.40. The van der Waals surface area contributed by atoms with Crippen LogP contribution in [0.25, 0.3) is 5.57 Å². The number of nitrogens with one attached hydrogen (secondary N) is 1. The molecule has 0 saturated carbocycles. The van der Waals surface area contributed by atoms with E-state index < -0.39 is 5.91 Å². The van der Waals surface area contributed by atoms with E-state index in [1.54, 1.807) is 24.4 Å². The van der Waals surface area contributed by atoms with E-state index >= 15 is 0 Å². The highest BCUT2D eigenvalue weighted by molar-refractivity contribution is 5.97. The number of amides is 1. The zero-order valence-corrected chi connectivity index (χ0v) is 17.8. The second-order valence-electron chi connectivity index (χ2n) is 8.07. The van der Waals surface area contributed by atoms with E-state index in [2.05, 4.69) is 68.3 Å². The van der Waals surface area contributed by atoms with Gasteiger partial charge in [0, 0.05) is 17.8 Å². The van der Waals surface area contributed by atoms with Crippen molar-refractivity contribution in [2.75, 3.05) is 11.4 Å². The number of hydrogen-bond donors (Lipinski definition) is 2. The molecule has 0 radical (unpaired) electrons. The Balaban J connectivity index is 1.87. The second kappa shape index (κ2) is 8.11. The Morgan fingerprint density at radius 1 is 1.24 bits per heavy atom. The van der Waals surface area contributed by atoms with Crippen molar-refractivity contribution in [3.63, 3.8) is 0 Å². The second-order valence-corrected chi connectivity index (χ2v) is 8.07. The lowest BCUT2D eigenvalue weighted by molar-refractivity contribution is 0.0952. The smallest absolute Gasteiger partial charge is 0.275 e. The monoisotopic (exact) mass is 391 g/mol. The van der Waals surface area contributed by atoms with Crippen molar-refractivity contribution in [1.29, 1.82) is 0 Å². The number of phenolic OH excluding ortho intramolecular Hbond substituents is 1. The molecule has 5 heteroatoms. The Hall–Kier alpha value is -3.08. The zero-order chi connectivity index (χ0) is 21.2. The van der Waals surface area contributed by atoms with Crippen LogP contribution < -0.4 is 10.3 Å².